The van der Waals surface area contributed by atoms with Crippen molar-refractivity contribution < 1.29 is 19.1 Å². The van der Waals surface area contributed by atoms with Crippen LogP contribution in [0.5, 0.6) is 0 Å². The maximum absolute atomic E-state index is 12.3. The van der Waals surface area contributed by atoms with Crippen molar-refractivity contribution in [3.05, 3.63) is 24.3 Å². The van der Waals surface area contributed by atoms with Crippen molar-refractivity contribution >= 4 is 17.7 Å². The first-order chi connectivity index (χ1) is 22.0. The summed E-state index contributed by atoms with van der Waals surface area (Å²) in [4.78, 5) is 36.5. The molecule has 1 amide bonds. The smallest absolute Gasteiger partial charge is 0.306 e. The maximum atomic E-state index is 12.3. The Hall–Kier alpha value is -1.91. The lowest BCUT2D eigenvalue weighted by molar-refractivity contribution is -0.154. The van der Waals surface area contributed by atoms with Crippen LogP contribution in [0.2, 0.25) is 0 Å². The lowest BCUT2D eigenvalue weighted by Crippen LogP contribution is -2.38. The molecule has 1 unspecified atom stereocenters. The molecule has 0 saturated heterocycles. The van der Waals surface area contributed by atoms with E-state index in [1.165, 1.54) is 122 Å². The summed E-state index contributed by atoms with van der Waals surface area (Å²) in [7, 11) is 0. The van der Waals surface area contributed by atoms with Gasteiger partial charge in [-0.2, -0.15) is 0 Å². The standard InChI is InChI=1S/C40H73NO4/c1-4-6-8-10-12-14-16-18-20-22-24-26-28-30-32-34-39(43)41-36-38(37(3)42)45-40(44)35-33-31-29-27-25-23-21-19-17-15-13-11-9-7-5-2/h18-21,38H,4-17,22-36H2,1-3H3,(H,41,43)/b20-18+,21-19+. The van der Waals surface area contributed by atoms with Gasteiger partial charge in [0.15, 0.2) is 11.9 Å². The molecule has 45 heavy (non-hydrogen) atoms. The Balaban J connectivity index is 3.70. The first kappa shape index (κ1) is 43.1. The van der Waals surface area contributed by atoms with E-state index in [-0.39, 0.29) is 24.2 Å². The highest BCUT2D eigenvalue weighted by molar-refractivity contribution is 5.84. The van der Waals surface area contributed by atoms with Gasteiger partial charge in [0.2, 0.25) is 5.91 Å². The number of amides is 1. The molecule has 262 valence electrons. The lowest BCUT2D eigenvalue weighted by Gasteiger charge is -2.16. The lowest BCUT2D eigenvalue weighted by atomic mass is 10.1. The van der Waals surface area contributed by atoms with E-state index in [2.05, 4.69) is 43.5 Å². The number of allylic oxidation sites excluding steroid dienone is 4. The maximum Gasteiger partial charge on any atom is 0.306 e. The van der Waals surface area contributed by atoms with Crippen molar-refractivity contribution in [3.63, 3.8) is 0 Å². The Kier molecular flexibility index (Phi) is 33.5. The zero-order valence-electron chi connectivity index (χ0n) is 30.0. The highest BCUT2D eigenvalue weighted by Crippen LogP contribution is 2.12. The van der Waals surface area contributed by atoms with Crippen molar-refractivity contribution in [1.29, 1.82) is 0 Å². The molecule has 0 saturated carbocycles. The molecule has 1 N–H and O–H groups in total. The van der Waals surface area contributed by atoms with Gasteiger partial charge in [-0.25, -0.2) is 0 Å². The van der Waals surface area contributed by atoms with E-state index in [1.807, 2.05) is 0 Å². The topological polar surface area (TPSA) is 72.5 Å². The Bertz CT molecular complexity index is 745. The molecule has 0 aliphatic carbocycles. The van der Waals surface area contributed by atoms with Crippen molar-refractivity contribution in [2.24, 2.45) is 0 Å². The summed E-state index contributed by atoms with van der Waals surface area (Å²) in [5.41, 5.74) is 0. The Morgan fingerprint density at radius 3 is 1.27 bits per heavy atom. The molecule has 0 aliphatic rings. The van der Waals surface area contributed by atoms with Gasteiger partial charge in [0.25, 0.3) is 0 Å². The fraction of sp³-hybridized carbons (Fsp3) is 0.825. The number of hydrogen-bond acceptors (Lipinski definition) is 4. The predicted molar refractivity (Wildman–Crippen MR) is 192 cm³/mol. The zero-order valence-corrected chi connectivity index (χ0v) is 30.0. The SMILES string of the molecule is CCCCCCCC/C=C/CCCCCCCC(=O)NCC(OC(=O)CCCCCCC/C=C/CCCCCCCC)C(C)=O. The third-order valence-corrected chi connectivity index (χ3v) is 8.52. The van der Waals surface area contributed by atoms with Crippen LogP contribution in [-0.2, 0) is 19.1 Å². The van der Waals surface area contributed by atoms with Crippen molar-refractivity contribution in [1.82, 2.24) is 5.32 Å². The van der Waals surface area contributed by atoms with Gasteiger partial charge >= 0.3 is 5.97 Å². The van der Waals surface area contributed by atoms with Crippen LogP contribution >= 0.6 is 0 Å². The minimum Gasteiger partial charge on any atom is -0.452 e. The predicted octanol–water partition coefficient (Wildman–Crippen LogP) is 11.7. The minimum absolute atomic E-state index is 0.0668. The van der Waals surface area contributed by atoms with E-state index < -0.39 is 6.10 Å². The fourth-order valence-corrected chi connectivity index (χ4v) is 5.48. The van der Waals surface area contributed by atoms with E-state index in [0.29, 0.717) is 12.8 Å². The number of ether oxygens (including phenoxy) is 1. The second-order valence-electron chi connectivity index (χ2n) is 13.1. The van der Waals surface area contributed by atoms with Crippen LogP contribution in [0.1, 0.15) is 201 Å². The van der Waals surface area contributed by atoms with Crippen LogP contribution in [-0.4, -0.2) is 30.3 Å². The van der Waals surface area contributed by atoms with E-state index in [4.69, 9.17) is 4.74 Å². The van der Waals surface area contributed by atoms with Gasteiger partial charge in [0.05, 0.1) is 6.54 Å². The van der Waals surface area contributed by atoms with Gasteiger partial charge < -0.3 is 10.1 Å². The summed E-state index contributed by atoms with van der Waals surface area (Å²) in [6.45, 7) is 6.00. The van der Waals surface area contributed by atoms with Gasteiger partial charge in [-0.15, -0.1) is 0 Å². The summed E-state index contributed by atoms with van der Waals surface area (Å²) in [5, 5.41) is 2.79. The Morgan fingerprint density at radius 1 is 0.511 bits per heavy atom. The number of esters is 1. The summed E-state index contributed by atoms with van der Waals surface area (Å²) < 4.78 is 5.39. The van der Waals surface area contributed by atoms with Gasteiger partial charge in [-0.05, 0) is 71.1 Å². The molecule has 5 nitrogen and oxygen atoms in total. The monoisotopic (exact) mass is 632 g/mol. The molecule has 0 rings (SSSR count). The molecule has 0 heterocycles. The molecule has 0 bridgehead atoms. The number of rotatable bonds is 34. The summed E-state index contributed by atoms with van der Waals surface area (Å²) in [6, 6.07) is 0. The van der Waals surface area contributed by atoms with Crippen LogP contribution in [0.3, 0.4) is 0 Å². The van der Waals surface area contributed by atoms with E-state index in [0.717, 1.165) is 51.4 Å². The van der Waals surface area contributed by atoms with Crippen molar-refractivity contribution in [2.45, 2.75) is 207 Å². The number of carbonyl (C=O) groups excluding carboxylic acids is 3. The third-order valence-electron chi connectivity index (χ3n) is 8.52. The number of ketones is 1. The number of Topliss-reactive ketones (excluding diaryl/α,β-unsaturated/α-hetero) is 1. The van der Waals surface area contributed by atoms with Crippen LogP contribution < -0.4 is 5.32 Å². The quantitative estimate of drug-likeness (QED) is 0.0435. The minimum atomic E-state index is -0.890. The van der Waals surface area contributed by atoms with Crippen LogP contribution in [0, 0.1) is 0 Å². The molecule has 0 aromatic heterocycles. The van der Waals surface area contributed by atoms with Crippen molar-refractivity contribution in [3.8, 4) is 0 Å². The highest BCUT2D eigenvalue weighted by Gasteiger charge is 2.20. The molecule has 0 aromatic carbocycles. The average Bonchev–Trinajstić information content (AvgIpc) is 3.02. The number of hydrogen-bond donors (Lipinski definition) is 1. The second-order valence-corrected chi connectivity index (χ2v) is 13.1. The average molecular weight is 632 g/mol. The van der Waals surface area contributed by atoms with Crippen LogP contribution in [0.4, 0.5) is 0 Å². The van der Waals surface area contributed by atoms with Crippen LogP contribution in [0.15, 0.2) is 24.3 Å². The molecule has 5 heteroatoms. The third kappa shape index (κ3) is 33.3. The molecule has 0 aromatic rings. The summed E-state index contributed by atoms with van der Waals surface area (Å²) >= 11 is 0. The largest absolute Gasteiger partial charge is 0.452 e. The number of unbranched alkanes of at least 4 members (excludes halogenated alkanes) is 22. The summed E-state index contributed by atoms with van der Waals surface area (Å²) in [5.74, 6) is -0.652. The molecule has 1 atom stereocenters. The van der Waals surface area contributed by atoms with E-state index in [9.17, 15) is 14.4 Å². The molecule has 0 fully saturated rings. The van der Waals surface area contributed by atoms with E-state index in [1.54, 1.807) is 0 Å². The van der Waals surface area contributed by atoms with E-state index >= 15 is 0 Å². The molecule has 0 aliphatic heterocycles. The normalized spacial score (nSPS) is 12.2. The van der Waals surface area contributed by atoms with Gasteiger partial charge in [0.1, 0.15) is 0 Å². The molecular weight excluding hydrogens is 558 g/mol. The Morgan fingerprint density at radius 2 is 0.867 bits per heavy atom. The fourth-order valence-electron chi connectivity index (χ4n) is 5.48. The van der Waals surface area contributed by atoms with Gasteiger partial charge in [-0.3, -0.25) is 14.4 Å². The first-order valence-corrected chi connectivity index (χ1v) is 19.3. The zero-order chi connectivity index (χ0) is 33.1. The van der Waals surface area contributed by atoms with Gasteiger partial charge in [-0.1, -0.05) is 141 Å². The van der Waals surface area contributed by atoms with Crippen LogP contribution in [0.25, 0.3) is 0 Å². The van der Waals surface area contributed by atoms with Gasteiger partial charge in [0, 0.05) is 12.8 Å². The van der Waals surface area contributed by atoms with Crippen molar-refractivity contribution in [2.75, 3.05) is 6.54 Å². The Labute approximate surface area is 279 Å². The molecular formula is C40H73NO4. The first-order valence-electron chi connectivity index (χ1n) is 19.3. The highest BCUT2D eigenvalue weighted by atomic mass is 16.5. The molecule has 0 radical (unpaired) electrons. The second kappa shape index (κ2) is 35.0. The number of carbonyl (C=O) groups is 3. The summed E-state index contributed by atoms with van der Waals surface area (Å²) in [6.07, 6.45) is 40.8. The number of nitrogens with one attached hydrogen (secondary N) is 1. The molecule has 0 spiro atoms.